The van der Waals surface area contributed by atoms with Crippen LogP contribution in [0.5, 0.6) is 11.5 Å². The Bertz CT molecular complexity index is 1220. The van der Waals surface area contributed by atoms with E-state index in [0.717, 1.165) is 16.9 Å². The molecule has 4 rings (SSSR count). The van der Waals surface area contributed by atoms with Crippen LogP contribution in [0.3, 0.4) is 0 Å². The van der Waals surface area contributed by atoms with Crippen LogP contribution in [-0.2, 0) is 21.5 Å². The van der Waals surface area contributed by atoms with E-state index in [9.17, 15) is 9.59 Å². The largest absolute Gasteiger partial charge is 0.454 e. The molecule has 34 heavy (non-hydrogen) atoms. The third kappa shape index (κ3) is 5.69. The Morgan fingerprint density at radius 1 is 1.03 bits per heavy atom. The van der Waals surface area contributed by atoms with Gasteiger partial charge in [-0.2, -0.15) is 5.10 Å². The van der Waals surface area contributed by atoms with E-state index in [1.165, 1.54) is 0 Å². The standard InChI is InChI=1S/C25H27ClN4O4/c1-25(2,3)21-13-22(30(29-21)18-6-4-5-17(26)12-18)28-24(32)10-9-23(31)27-14-16-7-8-19-20(11-16)34-15-33-19/h4-8,11-13H,9-10,14-15H2,1-3H3,(H,27,31)(H,28,32). The quantitative estimate of drug-likeness (QED) is 0.513. The van der Waals surface area contributed by atoms with Gasteiger partial charge in [0, 0.05) is 35.9 Å². The second-order valence-electron chi connectivity index (χ2n) is 9.07. The van der Waals surface area contributed by atoms with Crippen LogP contribution in [-0.4, -0.2) is 28.4 Å². The molecule has 0 spiro atoms. The zero-order valence-corrected chi connectivity index (χ0v) is 20.1. The molecule has 0 aliphatic carbocycles. The van der Waals surface area contributed by atoms with E-state index in [4.69, 9.17) is 21.1 Å². The Hall–Kier alpha value is -3.52. The molecule has 1 aromatic heterocycles. The maximum Gasteiger partial charge on any atom is 0.231 e. The summed E-state index contributed by atoms with van der Waals surface area (Å²) >= 11 is 6.15. The lowest BCUT2D eigenvalue weighted by Gasteiger charge is -2.14. The molecule has 0 saturated carbocycles. The average molecular weight is 483 g/mol. The fourth-order valence-corrected chi connectivity index (χ4v) is 3.60. The molecule has 9 heteroatoms. The lowest BCUT2D eigenvalue weighted by atomic mass is 9.92. The highest BCUT2D eigenvalue weighted by atomic mass is 35.5. The van der Waals surface area contributed by atoms with Crippen LogP contribution < -0.4 is 20.1 Å². The van der Waals surface area contributed by atoms with Gasteiger partial charge >= 0.3 is 0 Å². The minimum absolute atomic E-state index is 0.0402. The maximum absolute atomic E-state index is 12.6. The summed E-state index contributed by atoms with van der Waals surface area (Å²) in [5.74, 6) is 1.39. The Labute approximate surface area is 203 Å². The number of hydrogen-bond donors (Lipinski definition) is 2. The van der Waals surface area contributed by atoms with Crippen molar-refractivity contribution in [1.29, 1.82) is 0 Å². The van der Waals surface area contributed by atoms with Crippen molar-refractivity contribution in [3.8, 4) is 17.2 Å². The number of hydrogen-bond acceptors (Lipinski definition) is 5. The van der Waals surface area contributed by atoms with E-state index >= 15 is 0 Å². The number of amides is 2. The molecule has 0 radical (unpaired) electrons. The molecule has 3 aromatic rings. The molecule has 0 unspecified atom stereocenters. The summed E-state index contributed by atoms with van der Waals surface area (Å²) in [7, 11) is 0. The van der Waals surface area contributed by atoms with Gasteiger partial charge in [0.05, 0.1) is 11.4 Å². The summed E-state index contributed by atoms with van der Waals surface area (Å²) in [5, 5.41) is 11.0. The lowest BCUT2D eigenvalue weighted by Crippen LogP contribution is -2.24. The van der Waals surface area contributed by atoms with Crippen molar-refractivity contribution in [3.63, 3.8) is 0 Å². The van der Waals surface area contributed by atoms with Crippen molar-refractivity contribution >= 4 is 29.2 Å². The van der Waals surface area contributed by atoms with Gasteiger partial charge < -0.3 is 20.1 Å². The number of carbonyl (C=O) groups excluding carboxylic acids is 2. The summed E-state index contributed by atoms with van der Waals surface area (Å²) in [6.07, 6.45) is 0.104. The fourth-order valence-electron chi connectivity index (χ4n) is 3.41. The fraction of sp³-hybridized carbons (Fsp3) is 0.320. The van der Waals surface area contributed by atoms with Crippen molar-refractivity contribution in [3.05, 3.63) is 64.8 Å². The number of rotatable bonds is 7. The van der Waals surface area contributed by atoms with Gasteiger partial charge in [-0.1, -0.05) is 44.5 Å². The SMILES string of the molecule is CC(C)(C)c1cc(NC(=O)CCC(=O)NCc2ccc3c(c2)OCO3)n(-c2cccc(Cl)c2)n1. The number of nitrogens with zero attached hydrogens (tertiary/aromatic N) is 2. The molecule has 1 aliphatic rings. The molecule has 2 heterocycles. The molecule has 2 N–H and O–H groups in total. The molecule has 0 saturated heterocycles. The van der Waals surface area contributed by atoms with Crippen molar-refractivity contribution in [1.82, 2.24) is 15.1 Å². The summed E-state index contributed by atoms with van der Waals surface area (Å²) < 4.78 is 12.3. The molecule has 178 valence electrons. The van der Waals surface area contributed by atoms with E-state index in [0.29, 0.717) is 28.9 Å². The normalized spacial score (nSPS) is 12.5. The van der Waals surface area contributed by atoms with Gasteiger partial charge in [0.15, 0.2) is 11.5 Å². The minimum Gasteiger partial charge on any atom is -0.454 e. The van der Waals surface area contributed by atoms with Crippen molar-refractivity contribution in [2.45, 2.75) is 45.6 Å². The number of carbonyl (C=O) groups is 2. The molecule has 0 atom stereocenters. The monoisotopic (exact) mass is 482 g/mol. The number of nitrogens with one attached hydrogen (secondary N) is 2. The summed E-state index contributed by atoms with van der Waals surface area (Å²) in [5.41, 5.74) is 2.24. The first-order valence-electron chi connectivity index (χ1n) is 11.0. The predicted molar refractivity (Wildman–Crippen MR) is 130 cm³/mol. The molecule has 1 aliphatic heterocycles. The Kier molecular flexibility index (Phi) is 6.79. The predicted octanol–water partition coefficient (Wildman–Crippen LogP) is 4.59. The first-order valence-corrected chi connectivity index (χ1v) is 11.4. The molecule has 0 fully saturated rings. The van der Waals surface area contributed by atoms with Gasteiger partial charge in [0.2, 0.25) is 18.6 Å². The molecule has 2 aromatic carbocycles. The van der Waals surface area contributed by atoms with E-state index in [-0.39, 0.29) is 36.9 Å². The maximum atomic E-state index is 12.6. The van der Waals surface area contributed by atoms with Crippen LogP contribution >= 0.6 is 11.6 Å². The van der Waals surface area contributed by atoms with Crippen LogP contribution in [0.4, 0.5) is 5.82 Å². The van der Waals surface area contributed by atoms with Crippen LogP contribution in [0.15, 0.2) is 48.5 Å². The first kappa shape index (κ1) is 23.6. The average Bonchev–Trinajstić information content (AvgIpc) is 3.43. The third-order valence-electron chi connectivity index (χ3n) is 5.30. The Morgan fingerprint density at radius 3 is 2.56 bits per heavy atom. The van der Waals surface area contributed by atoms with Crippen LogP contribution in [0, 0.1) is 0 Å². The second kappa shape index (κ2) is 9.77. The van der Waals surface area contributed by atoms with E-state index in [2.05, 4.69) is 15.7 Å². The molecule has 2 amide bonds. The summed E-state index contributed by atoms with van der Waals surface area (Å²) in [4.78, 5) is 24.9. The number of fused-ring (bicyclic) bond motifs is 1. The highest BCUT2D eigenvalue weighted by Gasteiger charge is 2.22. The number of ether oxygens (including phenoxy) is 2. The lowest BCUT2D eigenvalue weighted by molar-refractivity contribution is -0.124. The number of aromatic nitrogens is 2. The van der Waals surface area contributed by atoms with Gasteiger partial charge in [0.1, 0.15) is 5.82 Å². The highest BCUT2D eigenvalue weighted by molar-refractivity contribution is 6.30. The van der Waals surface area contributed by atoms with Gasteiger partial charge in [-0.15, -0.1) is 0 Å². The van der Waals surface area contributed by atoms with Crippen LogP contribution in [0.25, 0.3) is 5.69 Å². The molecular weight excluding hydrogens is 456 g/mol. The molecule has 8 nitrogen and oxygen atoms in total. The van der Waals surface area contributed by atoms with Crippen molar-refractivity contribution in [2.75, 3.05) is 12.1 Å². The van der Waals surface area contributed by atoms with Crippen molar-refractivity contribution in [2.24, 2.45) is 0 Å². The Morgan fingerprint density at radius 2 is 1.79 bits per heavy atom. The smallest absolute Gasteiger partial charge is 0.231 e. The van der Waals surface area contributed by atoms with E-state index in [1.54, 1.807) is 16.8 Å². The topological polar surface area (TPSA) is 94.5 Å². The minimum atomic E-state index is -0.276. The van der Waals surface area contributed by atoms with Gasteiger partial charge in [0.25, 0.3) is 0 Å². The van der Waals surface area contributed by atoms with E-state index in [1.807, 2.05) is 57.2 Å². The van der Waals surface area contributed by atoms with E-state index < -0.39 is 0 Å². The zero-order valence-electron chi connectivity index (χ0n) is 19.4. The second-order valence-corrected chi connectivity index (χ2v) is 9.51. The zero-order chi connectivity index (χ0) is 24.3. The van der Waals surface area contributed by atoms with Gasteiger partial charge in [-0.05, 0) is 35.9 Å². The van der Waals surface area contributed by atoms with Gasteiger partial charge in [-0.25, -0.2) is 4.68 Å². The first-order chi connectivity index (χ1) is 16.2. The summed E-state index contributed by atoms with van der Waals surface area (Å²) in [6.45, 7) is 6.69. The van der Waals surface area contributed by atoms with Crippen LogP contribution in [0.2, 0.25) is 5.02 Å². The summed E-state index contributed by atoms with van der Waals surface area (Å²) in [6, 6.07) is 14.6. The van der Waals surface area contributed by atoms with Crippen LogP contribution in [0.1, 0.15) is 44.9 Å². The number of anilines is 1. The molecular formula is C25H27ClN4O4. The van der Waals surface area contributed by atoms with Gasteiger partial charge in [-0.3, -0.25) is 9.59 Å². The highest BCUT2D eigenvalue weighted by Crippen LogP contribution is 2.32. The molecule has 0 bridgehead atoms. The number of halogens is 1. The third-order valence-corrected chi connectivity index (χ3v) is 5.54. The Balaban J connectivity index is 1.36. The van der Waals surface area contributed by atoms with Crippen molar-refractivity contribution < 1.29 is 19.1 Å². The number of benzene rings is 2.